The molecule has 0 radical (unpaired) electrons. The van der Waals surface area contributed by atoms with Crippen LogP contribution in [0.25, 0.3) is 0 Å². The van der Waals surface area contributed by atoms with E-state index in [1.54, 1.807) is 24.3 Å². The first-order valence-electron chi connectivity index (χ1n) is 5.17. The Kier molecular flexibility index (Phi) is 4.72. The molecule has 7 heteroatoms. The number of carbonyl (C=O) groups is 1. The summed E-state index contributed by atoms with van der Waals surface area (Å²) in [6.07, 6.45) is 0. The van der Waals surface area contributed by atoms with Crippen LogP contribution in [0.2, 0.25) is 5.02 Å². The number of sulfonamides is 1. The molecule has 0 saturated heterocycles. The van der Waals surface area contributed by atoms with Crippen molar-refractivity contribution in [2.75, 3.05) is 7.05 Å². The van der Waals surface area contributed by atoms with Crippen LogP contribution in [0.3, 0.4) is 0 Å². The van der Waals surface area contributed by atoms with Gasteiger partial charge in [0, 0.05) is 12.1 Å². The third-order valence-corrected chi connectivity index (χ3v) is 4.71. The van der Waals surface area contributed by atoms with Crippen molar-refractivity contribution in [3.63, 3.8) is 0 Å². The normalized spacial score (nSPS) is 13.6. The zero-order valence-electron chi connectivity index (χ0n) is 10.00. The minimum atomic E-state index is -3.68. The summed E-state index contributed by atoms with van der Waals surface area (Å²) in [6, 6.07) is 5.35. The minimum Gasteiger partial charge on any atom is -0.480 e. The molecular formula is C11H14ClNO4S. The van der Waals surface area contributed by atoms with E-state index >= 15 is 0 Å². The third kappa shape index (κ3) is 3.69. The molecule has 0 bridgehead atoms. The van der Waals surface area contributed by atoms with Gasteiger partial charge in [0.15, 0.2) is 0 Å². The summed E-state index contributed by atoms with van der Waals surface area (Å²) in [5.41, 5.74) is 0.520. The quantitative estimate of drug-likeness (QED) is 0.893. The van der Waals surface area contributed by atoms with E-state index in [1.165, 1.54) is 14.0 Å². The van der Waals surface area contributed by atoms with Crippen molar-refractivity contribution in [2.24, 2.45) is 0 Å². The summed E-state index contributed by atoms with van der Waals surface area (Å²) < 4.78 is 24.8. The molecule has 0 saturated carbocycles. The van der Waals surface area contributed by atoms with Gasteiger partial charge in [-0.2, -0.15) is 4.31 Å². The van der Waals surface area contributed by atoms with Crippen molar-refractivity contribution in [1.29, 1.82) is 0 Å². The van der Waals surface area contributed by atoms with E-state index in [2.05, 4.69) is 0 Å². The topological polar surface area (TPSA) is 74.7 Å². The van der Waals surface area contributed by atoms with Gasteiger partial charge in [0.25, 0.3) is 0 Å². The third-order valence-electron chi connectivity index (χ3n) is 2.58. The van der Waals surface area contributed by atoms with Crippen molar-refractivity contribution < 1.29 is 18.3 Å². The van der Waals surface area contributed by atoms with Gasteiger partial charge < -0.3 is 5.11 Å². The summed E-state index contributed by atoms with van der Waals surface area (Å²) in [5, 5.41) is 9.24. The lowest BCUT2D eigenvalue weighted by atomic mass is 10.2. The number of nitrogens with zero attached hydrogens (tertiary/aromatic N) is 1. The molecule has 1 aromatic rings. The van der Waals surface area contributed by atoms with Crippen molar-refractivity contribution in [1.82, 2.24) is 4.31 Å². The lowest BCUT2D eigenvalue weighted by molar-refractivity contribution is -0.140. The van der Waals surface area contributed by atoms with E-state index in [-0.39, 0.29) is 5.75 Å². The number of hydrogen-bond donors (Lipinski definition) is 1. The van der Waals surface area contributed by atoms with E-state index < -0.39 is 22.0 Å². The van der Waals surface area contributed by atoms with Crippen LogP contribution in [0, 0.1) is 0 Å². The summed E-state index contributed by atoms with van der Waals surface area (Å²) in [6.45, 7) is 1.32. The van der Waals surface area contributed by atoms with Gasteiger partial charge >= 0.3 is 5.97 Å². The van der Waals surface area contributed by atoms with Gasteiger partial charge in [-0.1, -0.05) is 23.7 Å². The average Bonchev–Trinajstić information content (AvgIpc) is 2.26. The smallest absolute Gasteiger partial charge is 0.321 e. The highest BCUT2D eigenvalue weighted by Crippen LogP contribution is 2.16. The van der Waals surface area contributed by atoms with E-state index in [0.29, 0.717) is 10.6 Å². The Morgan fingerprint density at radius 1 is 1.50 bits per heavy atom. The number of rotatable bonds is 5. The number of aliphatic carboxylic acids is 1. The molecule has 18 heavy (non-hydrogen) atoms. The van der Waals surface area contributed by atoms with Crippen molar-refractivity contribution in [3.05, 3.63) is 34.9 Å². The molecule has 0 heterocycles. The molecule has 0 aliphatic rings. The van der Waals surface area contributed by atoms with Gasteiger partial charge in [0.05, 0.1) is 5.75 Å². The predicted octanol–water partition coefficient (Wildman–Crippen LogP) is 1.57. The molecule has 100 valence electrons. The van der Waals surface area contributed by atoms with E-state index in [0.717, 1.165) is 4.31 Å². The van der Waals surface area contributed by atoms with Crippen molar-refractivity contribution >= 4 is 27.6 Å². The highest BCUT2D eigenvalue weighted by Gasteiger charge is 2.27. The van der Waals surface area contributed by atoms with Gasteiger partial charge in [-0.05, 0) is 24.6 Å². The Bertz CT molecular complexity index is 544. The molecule has 1 unspecified atom stereocenters. The number of benzene rings is 1. The van der Waals surface area contributed by atoms with Crippen LogP contribution in [0.4, 0.5) is 0 Å². The highest BCUT2D eigenvalue weighted by molar-refractivity contribution is 7.88. The molecule has 0 aliphatic carbocycles. The minimum absolute atomic E-state index is 0.276. The van der Waals surface area contributed by atoms with Crippen LogP contribution in [0.5, 0.6) is 0 Å². The van der Waals surface area contributed by atoms with Gasteiger partial charge in [-0.15, -0.1) is 0 Å². The second-order valence-electron chi connectivity index (χ2n) is 3.92. The maximum absolute atomic E-state index is 12.0. The van der Waals surface area contributed by atoms with Gasteiger partial charge in [0.2, 0.25) is 10.0 Å². The molecule has 0 aliphatic heterocycles. The first kappa shape index (κ1) is 14.9. The first-order valence-corrected chi connectivity index (χ1v) is 7.15. The number of carboxylic acids is 1. The van der Waals surface area contributed by atoms with Crippen LogP contribution >= 0.6 is 11.6 Å². The Balaban J connectivity index is 2.92. The summed E-state index contributed by atoms with van der Waals surface area (Å²) in [7, 11) is -2.43. The standard InChI is InChI=1S/C11H14ClNO4S/c1-8(11(14)15)13(2)18(16,17)7-9-4-3-5-10(12)6-9/h3-6,8H,7H2,1-2H3,(H,14,15). The maximum atomic E-state index is 12.0. The van der Waals surface area contributed by atoms with Gasteiger partial charge in [0.1, 0.15) is 6.04 Å². The van der Waals surface area contributed by atoms with E-state index in [4.69, 9.17) is 16.7 Å². The first-order chi connectivity index (χ1) is 8.24. The van der Waals surface area contributed by atoms with E-state index in [9.17, 15) is 13.2 Å². The SMILES string of the molecule is CC(C(=O)O)N(C)S(=O)(=O)Cc1cccc(Cl)c1. The Hall–Kier alpha value is -1.11. The van der Waals surface area contributed by atoms with Gasteiger partial charge in [-0.3, -0.25) is 4.79 Å². The molecule has 0 fully saturated rings. The number of hydrogen-bond acceptors (Lipinski definition) is 3. The molecular weight excluding hydrogens is 278 g/mol. The molecule has 0 amide bonds. The maximum Gasteiger partial charge on any atom is 0.321 e. The van der Waals surface area contributed by atoms with E-state index in [1.807, 2.05) is 0 Å². The lowest BCUT2D eigenvalue weighted by Gasteiger charge is -2.21. The molecule has 1 aromatic carbocycles. The molecule has 1 N–H and O–H groups in total. The molecule has 5 nitrogen and oxygen atoms in total. The second kappa shape index (κ2) is 5.69. The largest absolute Gasteiger partial charge is 0.480 e. The Morgan fingerprint density at radius 2 is 2.11 bits per heavy atom. The lowest BCUT2D eigenvalue weighted by Crippen LogP contribution is -2.40. The van der Waals surface area contributed by atoms with Crippen LogP contribution in [0.1, 0.15) is 12.5 Å². The Morgan fingerprint density at radius 3 is 2.61 bits per heavy atom. The zero-order chi connectivity index (χ0) is 13.9. The average molecular weight is 292 g/mol. The fourth-order valence-electron chi connectivity index (χ4n) is 1.34. The highest BCUT2D eigenvalue weighted by atomic mass is 35.5. The van der Waals surface area contributed by atoms with Crippen LogP contribution in [-0.2, 0) is 20.6 Å². The number of likely N-dealkylation sites (N-methyl/N-ethyl adjacent to an activating group) is 1. The monoisotopic (exact) mass is 291 g/mol. The van der Waals surface area contributed by atoms with Crippen LogP contribution in [0.15, 0.2) is 24.3 Å². The fourth-order valence-corrected chi connectivity index (χ4v) is 2.92. The molecule has 1 atom stereocenters. The van der Waals surface area contributed by atoms with Gasteiger partial charge in [-0.25, -0.2) is 8.42 Å². The fraction of sp³-hybridized carbons (Fsp3) is 0.364. The summed E-state index contributed by atoms with van der Waals surface area (Å²) in [5.74, 6) is -1.46. The molecule has 0 aromatic heterocycles. The van der Waals surface area contributed by atoms with Crippen molar-refractivity contribution in [3.8, 4) is 0 Å². The summed E-state index contributed by atoms with van der Waals surface area (Å²) in [4.78, 5) is 10.8. The zero-order valence-corrected chi connectivity index (χ0v) is 11.6. The molecule has 0 spiro atoms. The number of carboxylic acid groups (broad SMARTS) is 1. The van der Waals surface area contributed by atoms with Crippen LogP contribution < -0.4 is 0 Å². The van der Waals surface area contributed by atoms with Crippen molar-refractivity contribution in [2.45, 2.75) is 18.7 Å². The number of halogens is 1. The summed E-state index contributed by atoms with van der Waals surface area (Å²) >= 11 is 5.76. The predicted molar refractivity (Wildman–Crippen MR) is 68.9 cm³/mol. The molecule has 1 rings (SSSR count). The Labute approximate surface area is 111 Å². The second-order valence-corrected chi connectivity index (χ2v) is 6.38. The van der Waals surface area contributed by atoms with Crippen LogP contribution in [-0.4, -0.2) is 36.9 Å².